The van der Waals surface area contributed by atoms with Crippen molar-refractivity contribution >= 4 is 0 Å². The average Bonchev–Trinajstić information content (AvgIpc) is 3.23. The van der Waals surface area contributed by atoms with Gasteiger partial charge in [-0.3, -0.25) is 0 Å². The molecule has 2 aromatic carbocycles. The fourth-order valence-corrected chi connectivity index (χ4v) is 6.85. The average molecular weight is 485 g/mol. The first-order valence-corrected chi connectivity index (χ1v) is 13.5. The number of halogens is 4. The summed E-state index contributed by atoms with van der Waals surface area (Å²) >= 11 is 0. The van der Waals surface area contributed by atoms with Crippen LogP contribution in [0.5, 0.6) is 0 Å². The monoisotopic (exact) mass is 484 g/mol. The lowest BCUT2D eigenvalue weighted by molar-refractivity contribution is 0.306. The summed E-state index contributed by atoms with van der Waals surface area (Å²) in [5.74, 6) is -2.56. The standard InChI is InChI=1S/C31H36F4/c1-3-4-5-6-19-9-13-21(14-10-19)25-17-23-15-22-16-24(20-11-7-18(2)8-12-20)28(32)30(34)26(22)27(23)31(35)29(25)33/h3-4,16-21H,5-15H2,1-2H3/b4-3+. The quantitative estimate of drug-likeness (QED) is 0.250. The van der Waals surface area contributed by atoms with Crippen LogP contribution in [0.1, 0.15) is 112 Å². The molecular formula is C31H36F4. The molecule has 0 unspecified atom stereocenters. The Bertz CT molecular complexity index is 1120. The van der Waals surface area contributed by atoms with Gasteiger partial charge in [0, 0.05) is 11.1 Å². The molecule has 0 aliphatic heterocycles. The minimum absolute atomic E-state index is 0.00476. The van der Waals surface area contributed by atoms with Crippen molar-refractivity contribution < 1.29 is 17.6 Å². The molecule has 2 fully saturated rings. The van der Waals surface area contributed by atoms with Crippen molar-refractivity contribution in [1.29, 1.82) is 0 Å². The first-order chi connectivity index (χ1) is 16.9. The first-order valence-electron chi connectivity index (χ1n) is 13.5. The van der Waals surface area contributed by atoms with E-state index in [4.69, 9.17) is 0 Å². The molecule has 0 aromatic heterocycles. The van der Waals surface area contributed by atoms with Crippen molar-refractivity contribution in [3.8, 4) is 11.1 Å². The molecule has 0 nitrogen and oxygen atoms in total. The van der Waals surface area contributed by atoms with E-state index in [0.29, 0.717) is 40.5 Å². The normalized spacial score (nSPS) is 26.2. The van der Waals surface area contributed by atoms with E-state index < -0.39 is 23.3 Å². The Balaban J connectivity index is 1.41. The molecule has 188 valence electrons. The molecule has 0 radical (unpaired) electrons. The Morgan fingerprint density at radius 2 is 1.20 bits per heavy atom. The van der Waals surface area contributed by atoms with E-state index in [1.807, 2.05) is 6.92 Å². The van der Waals surface area contributed by atoms with E-state index in [0.717, 1.165) is 64.2 Å². The number of benzene rings is 2. The van der Waals surface area contributed by atoms with Crippen molar-refractivity contribution in [3.05, 3.63) is 69.8 Å². The lowest BCUT2D eigenvalue weighted by atomic mass is 9.76. The van der Waals surface area contributed by atoms with E-state index in [1.165, 1.54) is 0 Å². The van der Waals surface area contributed by atoms with E-state index in [9.17, 15) is 0 Å². The van der Waals surface area contributed by atoms with Crippen LogP contribution >= 0.6 is 0 Å². The van der Waals surface area contributed by atoms with Gasteiger partial charge in [-0.15, -0.1) is 0 Å². The molecule has 0 N–H and O–H groups in total. The van der Waals surface area contributed by atoms with Crippen LogP contribution in [0, 0.1) is 35.1 Å². The highest BCUT2D eigenvalue weighted by Gasteiger charge is 2.35. The van der Waals surface area contributed by atoms with Gasteiger partial charge in [-0.2, -0.15) is 0 Å². The van der Waals surface area contributed by atoms with Crippen LogP contribution in [0.3, 0.4) is 0 Å². The van der Waals surface area contributed by atoms with Crippen LogP contribution in [0.15, 0.2) is 24.3 Å². The molecule has 0 atom stereocenters. The van der Waals surface area contributed by atoms with Crippen molar-refractivity contribution in [2.75, 3.05) is 0 Å². The summed E-state index contributed by atoms with van der Waals surface area (Å²) in [5, 5.41) is 0. The molecule has 35 heavy (non-hydrogen) atoms. The smallest absolute Gasteiger partial charge is 0.167 e. The number of rotatable bonds is 5. The highest BCUT2D eigenvalue weighted by molar-refractivity contribution is 5.79. The maximum Gasteiger partial charge on any atom is 0.167 e. The zero-order valence-corrected chi connectivity index (χ0v) is 20.9. The Morgan fingerprint density at radius 3 is 1.69 bits per heavy atom. The van der Waals surface area contributed by atoms with Gasteiger partial charge in [0.05, 0.1) is 0 Å². The van der Waals surface area contributed by atoms with Crippen molar-refractivity contribution in [2.24, 2.45) is 11.8 Å². The molecule has 0 spiro atoms. The second-order valence-electron chi connectivity index (χ2n) is 11.3. The predicted molar refractivity (Wildman–Crippen MR) is 134 cm³/mol. The third kappa shape index (κ3) is 4.58. The lowest BCUT2D eigenvalue weighted by Crippen LogP contribution is -2.15. The van der Waals surface area contributed by atoms with Crippen LogP contribution in [-0.4, -0.2) is 0 Å². The molecule has 0 heterocycles. The lowest BCUT2D eigenvalue weighted by Gasteiger charge is -2.29. The predicted octanol–water partition coefficient (Wildman–Crippen LogP) is 9.74. The van der Waals surface area contributed by atoms with Crippen LogP contribution < -0.4 is 0 Å². The summed E-state index contributed by atoms with van der Waals surface area (Å²) in [7, 11) is 0. The molecular weight excluding hydrogens is 448 g/mol. The zero-order valence-electron chi connectivity index (χ0n) is 20.9. The maximum absolute atomic E-state index is 15.4. The number of fused-ring (bicyclic) bond motifs is 3. The minimum Gasteiger partial charge on any atom is -0.203 e. The molecule has 4 heteroatoms. The molecule has 0 amide bonds. The maximum atomic E-state index is 15.4. The molecule has 3 aliphatic carbocycles. The summed E-state index contributed by atoms with van der Waals surface area (Å²) in [6.07, 6.45) is 14.2. The van der Waals surface area contributed by atoms with Crippen LogP contribution in [-0.2, 0) is 6.42 Å². The first kappa shape index (κ1) is 24.6. The summed E-state index contributed by atoms with van der Waals surface area (Å²) < 4.78 is 61.3. The second kappa shape index (κ2) is 10.1. The van der Waals surface area contributed by atoms with Crippen molar-refractivity contribution in [1.82, 2.24) is 0 Å². The van der Waals surface area contributed by atoms with Gasteiger partial charge < -0.3 is 0 Å². The van der Waals surface area contributed by atoms with Gasteiger partial charge in [0.1, 0.15) is 0 Å². The van der Waals surface area contributed by atoms with Gasteiger partial charge in [-0.05, 0) is 111 Å². The molecule has 2 saturated carbocycles. The zero-order chi connectivity index (χ0) is 24.7. The van der Waals surface area contributed by atoms with Crippen LogP contribution in [0.2, 0.25) is 0 Å². The van der Waals surface area contributed by atoms with E-state index in [1.54, 1.807) is 12.1 Å². The highest BCUT2D eigenvalue weighted by Crippen LogP contribution is 2.48. The topological polar surface area (TPSA) is 0 Å². The summed E-state index contributed by atoms with van der Waals surface area (Å²) in [6, 6.07) is 3.49. The molecule has 2 aromatic rings. The molecule has 3 aliphatic rings. The van der Waals surface area contributed by atoms with Crippen LogP contribution in [0.4, 0.5) is 17.6 Å². The Hall–Kier alpha value is -2.10. The minimum atomic E-state index is -1.01. The van der Waals surface area contributed by atoms with Gasteiger partial charge in [0.2, 0.25) is 0 Å². The van der Waals surface area contributed by atoms with Gasteiger partial charge in [0.15, 0.2) is 23.3 Å². The van der Waals surface area contributed by atoms with Gasteiger partial charge in [0.25, 0.3) is 0 Å². The fraction of sp³-hybridized carbons (Fsp3) is 0.548. The summed E-state index contributed by atoms with van der Waals surface area (Å²) in [4.78, 5) is 0. The number of hydrogen-bond donors (Lipinski definition) is 0. The molecule has 0 saturated heterocycles. The van der Waals surface area contributed by atoms with E-state index >= 15 is 17.6 Å². The SMILES string of the molecule is C/C=C/CCC1CCC(c2cc3c(c(F)c2F)-c2c(cc(C4CCC(C)CC4)c(F)c2F)C3)CC1. The Morgan fingerprint density at radius 1 is 0.714 bits per heavy atom. The highest BCUT2D eigenvalue weighted by atomic mass is 19.2. The molecule has 0 bridgehead atoms. The third-order valence-electron chi connectivity index (χ3n) is 8.98. The summed E-state index contributed by atoms with van der Waals surface area (Å²) in [6.45, 7) is 4.22. The number of hydrogen-bond acceptors (Lipinski definition) is 0. The van der Waals surface area contributed by atoms with Gasteiger partial charge >= 0.3 is 0 Å². The Labute approximate surface area is 206 Å². The van der Waals surface area contributed by atoms with E-state index in [2.05, 4.69) is 19.1 Å². The largest absolute Gasteiger partial charge is 0.203 e. The Kier molecular flexibility index (Phi) is 7.10. The number of allylic oxidation sites excluding steroid dienone is 2. The van der Waals surface area contributed by atoms with Crippen molar-refractivity contribution in [3.63, 3.8) is 0 Å². The molecule has 5 rings (SSSR count). The van der Waals surface area contributed by atoms with Crippen LogP contribution in [0.25, 0.3) is 11.1 Å². The summed E-state index contributed by atoms with van der Waals surface area (Å²) in [5.41, 5.74) is 1.89. The van der Waals surface area contributed by atoms with Gasteiger partial charge in [-0.25, -0.2) is 17.6 Å². The van der Waals surface area contributed by atoms with E-state index in [-0.39, 0.29) is 23.0 Å². The van der Waals surface area contributed by atoms with Crippen molar-refractivity contribution in [2.45, 2.75) is 96.3 Å². The third-order valence-corrected chi connectivity index (χ3v) is 8.98. The van der Waals surface area contributed by atoms with Gasteiger partial charge in [-0.1, -0.05) is 44.1 Å². The fourth-order valence-electron chi connectivity index (χ4n) is 6.85. The second-order valence-corrected chi connectivity index (χ2v) is 11.3.